The van der Waals surface area contributed by atoms with Gasteiger partial charge in [-0.1, -0.05) is 38.5 Å². The Hall–Kier alpha value is -1.10. The van der Waals surface area contributed by atoms with Crippen LogP contribution in [-0.4, -0.2) is 29.1 Å². The number of nitrogens with two attached hydrogens (primary N) is 1. The molecule has 0 aromatic carbocycles. The summed E-state index contributed by atoms with van der Waals surface area (Å²) >= 11 is 0. The van der Waals surface area contributed by atoms with Gasteiger partial charge < -0.3 is 16.2 Å². The molecular formula is C16H28N2O3. The van der Waals surface area contributed by atoms with Gasteiger partial charge in [-0.25, -0.2) is 4.79 Å². The molecule has 0 heterocycles. The van der Waals surface area contributed by atoms with E-state index in [2.05, 4.69) is 5.32 Å². The predicted molar refractivity (Wildman–Crippen MR) is 80.7 cm³/mol. The first kappa shape index (κ1) is 16.3. The van der Waals surface area contributed by atoms with E-state index >= 15 is 0 Å². The normalized spacial score (nSPS) is 29.4. The van der Waals surface area contributed by atoms with Crippen LogP contribution in [0.2, 0.25) is 0 Å². The molecule has 2 rings (SSSR count). The average Bonchev–Trinajstić information content (AvgIpc) is 2.69. The van der Waals surface area contributed by atoms with E-state index in [1.165, 1.54) is 6.42 Å². The molecule has 0 bridgehead atoms. The highest BCUT2D eigenvalue weighted by Gasteiger charge is 2.34. The van der Waals surface area contributed by atoms with Crippen LogP contribution < -0.4 is 11.1 Å². The Labute approximate surface area is 126 Å². The lowest BCUT2D eigenvalue weighted by atomic mass is 9.83. The largest absolute Gasteiger partial charge is 0.480 e. The number of aliphatic carboxylic acids is 1. The Kier molecular flexibility index (Phi) is 6.03. The molecule has 2 saturated carbocycles. The number of hydrogen-bond acceptors (Lipinski definition) is 3. The van der Waals surface area contributed by atoms with E-state index in [9.17, 15) is 14.7 Å². The SMILES string of the molecule is NC1CCCCCC1C(=O)NC(C(=O)O)C1CCCCC1. The zero-order chi connectivity index (χ0) is 15.2. The summed E-state index contributed by atoms with van der Waals surface area (Å²) in [6.07, 6.45) is 9.92. The van der Waals surface area contributed by atoms with E-state index in [1.807, 2.05) is 0 Å². The summed E-state index contributed by atoms with van der Waals surface area (Å²) in [5.41, 5.74) is 6.10. The third-order valence-electron chi connectivity index (χ3n) is 5.09. The molecule has 0 aromatic rings. The van der Waals surface area contributed by atoms with Crippen molar-refractivity contribution < 1.29 is 14.7 Å². The second-order valence-corrected chi connectivity index (χ2v) is 6.63. The molecule has 5 nitrogen and oxygen atoms in total. The lowest BCUT2D eigenvalue weighted by molar-refractivity contribution is -0.144. The smallest absolute Gasteiger partial charge is 0.326 e. The van der Waals surface area contributed by atoms with E-state index in [0.717, 1.165) is 57.8 Å². The molecule has 0 aromatic heterocycles. The zero-order valence-electron chi connectivity index (χ0n) is 12.7. The fourth-order valence-electron chi connectivity index (χ4n) is 3.77. The number of hydrogen-bond donors (Lipinski definition) is 3. The minimum Gasteiger partial charge on any atom is -0.480 e. The number of amides is 1. The lowest BCUT2D eigenvalue weighted by Crippen LogP contribution is -2.51. The van der Waals surface area contributed by atoms with E-state index < -0.39 is 12.0 Å². The van der Waals surface area contributed by atoms with Gasteiger partial charge in [0.05, 0.1) is 5.92 Å². The molecule has 2 fully saturated rings. The third-order valence-corrected chi connectivity index (χ3v) is 5.09. The van der Waals surface area contributed by atoms with Gasteiger partial charge in [-0.15, -0.1) is 0 Å². The molecule has 120 valence electrons. The van der Waals surface area contributed by atoms with Crippen molar-refractivity contribution in [2.75, 3.05) is 0 Å². The second-order valence-electron chi connectivity index (χ2n) is 6.63. The molecule has 1 amide bonds. The van der Waals surface area contributed by atoms with Gasteiger partial charge in [0.15, 0.2) is 0 Å². The standard InChI is InChI=1S/C16H28N2O3/c17-13-10-6-2-5-9-12(13)15(19)18-14(16(20)21)11-7-3-1-4-8-11/h11-14H,1-10,17H2,(H,18,19)(H,20,21). The van der Waals surface area contributed by atoms with Gasteiger partial charge in [-0.05, 0) is 31.6 Å². The number of carbonyl (C=O) groups is 2. The van der Waals surface area contributed by atoms with Crippen molar-refractivity contribution in [2.24, 2.45) is 17.6 Å². The number of carbonyl (C=O) groups excluding carboxylic acids is 1. The molecule has 0 radical (unpaired) electrons. The van der Waals surface area contributed by atoms with E-state index in [-0.39, 0.29) is 23.8 Å². The maximum absolute atomic E-state index is 12.5. The summed E-state index contributed by atoms with van der Waals surface area (Å²) in [4.78, 5) is 24.0. The van der Waals surface area contributed by atoms with Crippen LogP contribution in [0.4, 0.5) is 0 Å². The topological polar surface area (TPSA) is 92.4 Å². The maximum atomic E-state index is 12.5. The molecule has 2 aliphatic carbocycles. The number of nitrogens with one attached hydrogen (secondary N) is 1. The molecule has 2 aliphatic rings. The first-order valence-corrected chi connectivity index (χ1v) is 8.38. The summed E-state index contributed by atoms with van der Waals surface area (Å²) in [5, 5.41) is 12.2. The number of rotatable bonds is 4. The Morgan fingerprint density at radius 2 is 1.52 bits per heavy atom. The quantitative estimate of drug-likeness (QED) is 0.692. The van der Waals surface area contributed by atoms with Gasteiger partial charge in [-0.2, -0.15) is 0 Å². The Balaban J connectivity index is 1.98. The van der Waals surface area contributed by atoms with Crippen LogP contribution in [0.3, 0.4) is 0 Å². The Morgan fingerprint density at radius 1 is 0.952 bits per heavy atom. The second kappa shape index (κ2) is 7.78. The first-order chi connectivity index (χ1) is 10.1. The van der Waals surface area contributed by atoms with Crippen LogP contribution in [0.1, 0.15) is 64.2 Å². The molecule has 3 atom stereocenters. The summed E-state index contributed by atoms with van der Waals surface area (Å²) in [6.45, 7) is 0. The lowest BCUT2D eigenvalue weighted by Gasteiger charge is -2.30. The Morgan fingerprint density at radius 3 is 2.14 bits per heavy atom. The Bertz CT molecular complexity index is 367. The fourth-order valence-corrected chi connectivity index (χ4v) is 3.77. The van der Waals surface area contributed by atoms with E-state index in [4.69, 9.17) is 5.73 Å². The number of carboxylic acid groups (broad SMARTS) is 1. The van der Waals surface area contributed by atoms with Gasteiger partial charge in [0.2, 0.25) is 5.91 Å². The van der Waals surface area contributed by atoms with Crippen LogP contribution in [0.5, 0.6) is 0 Å². The summed E-state index contributed by atoms with van der Waals surface area (Å²) in [6, 6.07) is -0.874. The number of carboxylic acids is 1. The third kappa shape index (κ3) is 4.43. The van der Waals surface area contributed by atoms with Crippen molar-refractivity contribution in [3.63, 3.8) is 0 Å². The molecular weight excluding hydrogens is 268 g/mol. The maximum Gasteiger partial charge on any atom is 0.326 e. The summed E-state index contributed by atoms with van der Waals surface area (Å²) in [5.74, 6) is -1.21. The zero-order valence-corrected chi connectivity index (χ0v) is 12.7. The average molecular weight is 296 g/mol. The van der Waals surface area contributed by atoms with Crippen LogP contribution >= 0.6 is 0 Å². The van der Waals surface area contributed by atoms with E-state index in [0.29, 0.717) is 0 Å². The van der Waals surface area contributed by atoms with Crippen LogP contribution in [0.15, 0.2) is 0 Å². The van der Waals surface area contributed by atoms with Gasteiger partial charge in [-0.3, -0.25) is 4.79 Å². The van der Waals surface area contributed by atoms with Crippen LogP contribution in [-0.2, 0) is 9.59 Å². The van der Waals surface area contributed by atoms with Crippen LogP contribution in [0, 0.1) is 11.8 Å². The van der Waals surface area contributed by atoms with Crippen molar-refractivity contribution >= 4 is 11.9 Å². The van der Waals surface area contributed by atoms with Gasteiger partial charge in [0, 0.05) is 6.04 Å². The highest BCUT2D eigenvalue weighted by molar-refractivity contribution is 5.85. The molecule has 0 saturated heterocycles. The van der Waals surface area contributed by atoms with E-state index in [1.54, 1.807) is 0 Å². The monoisotopic (exact) mass is 296 g/mol. The molecule has 0 aliphatic heterocycles. The molecule has 21 heavy (non-hydrogen) atoms. The minimum absolute atomic E-state index is 0.0715. The van der Waals surface area contributed by atoms with Crippen LogP contribution in [0.25, 0.3) is 0 Å². The highest BCUT2D eigenvalue weighted by atomic mass is 16.4. The molecule has 5 heteroatoms. The van der Waals surface area contributed by atoms with Gasteiger partial charge in [0.25, 0.3) is 0 Å². The molecule has 4 N–H and O–H groups in total. The summed E-state index contributed by atoms with van der Waals surface area (Å²) < 4.78 is 0. The minimum atomic E-state index is -0.905. The molecule has 0 spiro atoms. The fraction of sp³-hybridized carbons (Fsp3) is 0.875. The predicted octanol–water partition coefficient (Wildman–Crippen LogP) is 2.04. The van der Waals surface area contributed by atoms with Crippen molar-refractivity contribution in [1.29, 1.82) is 0 Å². The van der Waals surface area contributed by atoms with Gasteiger partial charge in [0.1, 0.15) is 6.04 Å². The van der Waals surface area contributed by atoms with Crippen molar-refractivity contribution in [3.8, 4) is 0 Å². The summed E-state index contributed by atoms with van der Waals surface area (Å²) in [7, 11) is 0. The van der Waals surface area contributed by atoms with Crippen molar-refractivity contribution in [1.82, 2.24) is 5.32 Å². The molecule has 3 unspecified atom stereocenters. The first-order valence-electron chi connectivity index (χ1n) is 8.38. The van der Waals surface area contributed by atoms with Gasteiger partial charge >= 0.3 is 5.97 Å². The van der Waals surface area contributed by atoms with Crippen molar-refractivity contribution in [2.45, 2.75) is 76.3 Å². The van der Waals surface area contributed by atoms with Crippen molar-refractivity contribution in [3.05, 3.63) is 0 Å². The highest BCUT2D eigenvalue weighted by Crippen LogP contribution is 2.28.